The van der Waals surface area contributed by atoms with E-state index in [1.165, 1.54) is 23.1 Å². The van der Waals surface area contributed by atoms with Crippen molar-refractivity contribution in [3.05, 3.63) is 70.2 Å². The van der Waals surface area contributed by atoms with Crippen LogP contribution in [0.5, 0.6) is 5.75 Å². The van der Waals surface area contributed by atoms with Gasteiger partial charge in [0.2, 0.25) is 5.91 Å². The summed E-state index contributed by atoms with van der Waals surface area (Å²) in [7, 11) is 1.60. The molecule has 0 radical (unpaired) electrons. The van der Waals surface area contributed by atoms with Crippen LogP contribution in [-0.2, 0) is 17.0 Å². The van der Waals surface area contributed by atoms with Crippen LogP contribution in [0.1, 0.15) is 16.3 Å². The molecule has 2 aromatic heterocycles. The number of thioether (sulfide) groups is 1. The van der Waals surface area contributed by atoms with E-state index in [1.807, 2.05) is 60.8 Å². The van der Waals surface area contributed by atoms with Gasteiger partial charge in [-0.2, -0.15) is 0 Å². The first-order chi connectivity index (χ1) is 15.1. The number of carbonyl (C=O) groups is 1. The Morgan fingerprint density at radius 3 is 2.77 bits per heavy atom. The number of amides is 1. The maximum Gasteiger partial charge on any atom is 0.277 e. The van der Waals surface area contributed by atoms with E-state index in [2.05, 4.69) is 20.5 Å². The normalized spacial score (nSPS) is 10.8. The zero-order valence-corrected chi connectivity index (χ0v) is 18.6. The van der Waals surface area contributed by atoms with Gasteiger partial charge in [0.1, 0.15) is 10.8 Å². The molecular formula is C22H20N4O3S2. The second-order valence-electron chi connectivity index (χ2n) is 6.69. The molecular weight excluding hydrogens is 432 g/mol. The molecule has 9 heteroatoms. The fraction of sp³-hybridized carbons (Fsp3) is 0.182. The van der Waals surface area contributed by atoms with Crippen LogP contribution in [0.3, 0.4) is 0 Å². The standard InChI is InChI=1S/C22H20N4O3S2/c1-14-7-9-15(10-8-14)23-19(27)11-20-24-16(12-30-20)13-31-22-26-25-21(29-22)17-5-3-4-6-18(17)28-2/h3-10,12H,11,13H2,1-2H3,(H,23,27). The Morgan fingerprint density at radius 1 is 1.16 bits per heavy atom. The molecule has 2 aromatic carbocycles. The predicted octanol–water partition coefficient (Wildman–Crippen LogP) is 4.98. The van der Waals surface area contributed by atoms with Gasteiger partial charge in [-0.15, -0.1) is 21.5 Å². The maximum absolute atomic E-state index is 12.3. The smallest absolute Gasteiger partial charge is 0.277 e. The topological polar surface area (TPSA) is 90.1 Å². The molecule has 158 valence electrons. The lowest BCUT2D eigenvalue weighted by Gasteiger charge is -2.04. The van der Waals surface area contributed by atoms with Gasteiger partial charge in [-0.25, -0.2) is 4.98 Å². The van der Waals surface area contributed by atoms with Gasteiger partial charge in [-0.05, 0) is 31.2 Å². The van der Waals surface area contributed by atoms with Crippen molar-refractivity contribution < 1.29 is 13.9 Å². The van der Waals surface area contributed by atoms with Crippen LogP contribution in [0.25, 0.3) is 11.5 Å². The summed E-state index contributed by atoms with van der Waals surface area (Å²) in [4.78, 5) is 16.8. The number of para-hydroxylation sites is 1. The second-order valence-corrected chi connectivity index (χ2v) is 8.55. The molecule has 2 heterocycles. The van der Waals surface area contributed by atoms with Gasteiger partial charge >= 0.3 is 0 Å². The van der Waals surface area contributed by atoms with E-state index in [9.17, 15) is 4.79 Å². The van der Waals surface area contributed by atoms with Crippen molar-refractivity contribution in [1.29, 1.82) is 0 Å². The molecule has 0 fully saturated rings. The fourth-order valence-electron chi connectivity index (χ4n) is 2.81. The van der Waals surface area contributed by atoms with Crippen molar-refractivity contribution in [1.82, 2.24) is 15.2 Å². The molecule has 31 heavy (non-hydrogen) atoms. The van der Waals surface area contributed by atoms with Crippen molar-refractivity contribution in [2.24, 2.45) is 0 Å². The third-order valence-corrected chi connectivity index (χ3v) is 6.08. The monoisotopic (exact) mass is 452 g/mol. The first-order valence-corrected chi connectivity index (χ1v) is 11.4. The summed E-state index contributed by atoms with van der Waals surface area (Å²) >= 11 is 2.87. The summed E-state index contributed by atoms with van der Waals surface area (Å²) in [6, 6.07) is 15.2. The van der Waals surface area contributed by atoms with Gasteiger partial charge in [0.05, 0.1) is 24.8 Å². The van der Waals surface area contributed by atoms with Crippen LogP contribution in [0.2, 0.25) is 0 Å². The molecule has 4 aromatic rings. The SMILES string of the molecule is COc1ccccc1-c1nnc(SCc2csc(CC(=O)Nc3ccc(C)cc3)n2)o1. The van der Waals surface area contributed by atoms with E-state index in [4.69, 9.17) is 9.15 Å². The Kier molecular flexibility index (Phi) is 6.63. The highest BCUT2D eigenvalue weighted by Crippen LogP contribution is 2.31. The minimum Gasteiger partial charge on any atom is -0.496 e. The highest BCUT2D eigenvalue weighted by molar-refractivity contribution is 7.98. The molecule has 0 saturated heterocycles. The number of thiazole rings is 1. The lowest BCUT2D eigenvalue weighted by Crippen LogP contribution is -2.14. The minimum atomic E-state index is -0.0873. The number of anilines is 1. The van der Waals surface area contributed by atoms with Crippen molar-refractivity contribution in [2.75, 3.05) is 12.4 Å². The summed E-state index contributed by atoms with van der Waals surface area (Å²) < 4.78 is 11.1. The summed E-state index contributed by atoms with van der Waals surface area (Å²) in [5, 5.41) is 14.3. The highest BCUT2D eigenvalue weighted by atomic mass is 32.2. The number of benzene rings is 2. The molecule has 1 amide bonds. The Bertz CT molecular complexity index is 1170. The molecule has 4 rings (SSSR count). The number of rotatable bonds is 8. The lowest BCUT2D eigenvalue weighted by atomic mass is 10.2. The predicted molar refractivity (Wildman–Crippen MR) is 121 cm³/mol. The summed E-state index contributed by atoms with van der Waals surface area (Å²) in [5.74, 6) is 1.57. The minimum absolute atomic E-state index is 0.0873. The van der Waals surface area contributed by atoms with Crippen LogP contribution in [0.4, 0.5) is 5.69 Å². The third-order valence-electron chi connectivity index (χ3n) is 4.33. The fourth-order valence-corrected chi connectivity index (χ4v) is 4.36. The van der Waals surface area contributed by atoms with Crippen LogP contribution < -0.4 is 10.1 Å². The van der Waals surface area contributed by atoms with Crippen LogP contribution in [0, 0.1) is 6.92 Å². The van der Waals surface area contributed by atoms with Gasteiger partial charge in [-0.1, -0.05) is 41.6 Å². The van der Waals surface area contributed by atoms with Gasteiger partial charge in [0, 0.05) is 16.8 Å². The quantitative estimate of drug-likeness (QED) is 0.377. The molecule has 0 spiro atoms. The van der Waals surface area contributed by atoms with Crippen molar-refractivity contribution >= 4 is 34.7 Å². The van der Waals surface area contributed by atoms with Gasteiger partial charge in [-0.3, -0.25) is 4.79 Å². The first kappa shape index (κ1) is 21.1. The Labute approximate surface area is 187 Å². The highest BCUT2D eigenvalue weighted by Gasteiger charge is 2.14. The summed E-state index contributed by atoms with van der Waals surface area (Å²) in [5.41, 5.74) is 3.55. The number of carbonyl (C=O) groups excluding carboxylic acids is 1. The van der Waals surface area contributed by atoms with Gasteiger partial charge < -0.3 is 14.5 Å². The molecule has 7 nitrogen and oxygen atoms in total. The van der Waals surface area contributed by atoms with Crippen molar-refractivity contribution in [3.63, 3.8) is 0 Å². The van der Waals surface area contributed by atoms with Crippen LogP contribution >= 0.6 is 23.1 Å². The number of methoxy groups -OCH3 is 1. The zero-order valence-electron chi connectivity index (χ0n) is 17.0. The average Bonchev–Trinajstić information content (AvgIpc) is 3.43. The van der Waals surface area contributed by atoms with E-state index in [1.54, 1.807) is 7.11 Å². The Hall–Kier alpha value is -3.17. The molecule has 0 unspecified atom stereocenters. The number of nitrogens with zero attached hydrogens (tertiary/aromatic N) is 3. The lowest BCUT2D eigenvalue weighted by molar-refractivity contribution is -0.115. The maximum atomic E-state index is 12.3. The van der Waals surface area contributed by atoms with E-state index >= 15 is 0 Å². The van der Waals surface area contributed by atoms with E-state index in [0.717, 1.165) is 27.5 Å². The number of aromatic nitrogens is 3. The second kappa shape index (κ2) is 9.76. The van der Waals surface area contributed by atoms with E-state index in [-0.39, 0.29) is 12.3 Å². The number of nitrogens with one attached hydrogen (secondary N) is 1. The van der Waals surface area contributed by atoms with Crippen LogP contribution in [-0.4, -0.2) is 28.2 Å². The number of aryl methyl sites for hydroxylation is 1. The number of hydrogen-bond acceptors (Lipinski definition) is 8. The van der Waals surface area contributed by atoms with E-state index < -0.39 is 0 Å². The molecule has 1 N–H and O–H groups in total. The van der Waals surface area contributed by atoms with Gasteiger partial charge in [0.15, 0.2) is 0 Å². The molecule has 0 bridgehead atoms. The zero-order chi connectivity index (χ0) is 21.6. The Balaban J connectivity index is 1.32. The summed E-state index contributed by atoms with van der Waals surface area (Å²) in [6.07, 6.45) is 0.238. The molecule has 0 aliphatic carbocycles. The molecule has 0 saturated carbocycles. The summed E-state index contributed by atoms with van der Waals surface area (Å²) in [6.45, 7) is 2.01. The van der Waals surface area contributed by atoms with Gasteiger partial charge in [0.25, 0.3) is 11.1 Å². The third kappa shape index (κ3) is 5.50. The number of hydrogen-bond donors (Lipinski definition) is 1. The first-order valence-electron chi connectivity index (χ1n) is 9.50. The molecule has 0 aliphatic rings. The molecule has 0 atom stereocenters. The molecule has 0 aliphatic heterocycles. The Morgan fingerprint density at radius 2 is 1.97 bits per heavy atom. The van der Waals surface area contributed by atoms with Crippen molar-refractivity contribution in [2.45, 2.75) is 24.3 Å². The van der Waals surface area contributed by atoms with Crippen LogP contribution in [0.15, 0.2) is 63.6 Å². The van der Waals surface area contributed by atoms with Crippen molar-refractivity contribution in [3.8, 4) is 17.2 Å². The average molecular weight is 453 g/mol. The number of ether oxygens (including phenoxy) is 1. The largest absolute Gasteiger partial charge is 0.496 e. The van der Waals surface area contributed by atoms with E-state index in [0.29, 0.717) is 22.6 Å².